The van der Waals surface area contributed by atoms with E-state index in [-0.39, 0.29) is 11.6 Å². The highest BCUT2D eigenvalue weighted by atomic mass is 19.1. The first-order chi connectivity index (χ1) is 19.8. The summed E-state index contributed by atoms with van der Waals surface area (Å²) in [4.78, 5) is 11.0. The molecule has 7 nitrogen and oxygen atoms in total. The number of carbonyl (C=O) groups is 1. The van der Waals surface area contributed by atoms with Crippen molar-refractivity contribution in [3.63, 3.8) is 0 Å². The highest BCUT2D eigenvalue weighted by molar-refractivity contribution is 6.56. The van der Waals surface area contributed by atoms with Gasteiger partial charge in [0.2, 0.25) is 5.95 Å². The van der Waals surface area contributed by atoms with Crippen molar-refractivity contribution in [1.29, 1.82) is 0 Å². The van der Waals surface area contributed by atoms with Gasteiger partial charge in [0.1, 0.15) is 0 Å². The van der Waals surface area contributed by atoms with Gasteiger partial charge in [0.25, 0.3) is 0 Å². The summed E-state index contributed by atoms with van der Waals surface area (Å²) in [7, 11) is -0.492. The molecule has 1 atom stereocenters. The van der Waals surface area contributed by atoms with Crippen LogP contribution in [0.15, 0.2) is 54.0 Å². The van der Waals surface area contributed by atoms with Crippen LogP contribution in [0, 0.1) is 17.3 Å². The predicted molar refractivity (Wildman–Crippen MR) is 156 cm³/mol. The largest absolute Gasteiger partial charge is 0.490 e. The van der Waals surface area contributed by atoms with Gasteiger partial charge in [0, 0.05) is 31.3 Å². The van der Waals surface area contributed by atoms with Crippen LogP contribution in [0.1, 0.15) is 75.3 Å². The smallest absolute Gasteiger partial charge is 0.478 e. The molecule has 1 aliphatic carbocycles. The number of hydrogen-bond acceptors (Lipinski definition) is 5. The van der Waals surface area contributed by atoms with Crippen molar-refractivity contribution >= 4 is 35.6 Å². The molecule has 1 saturated carbocycles. The zero-order valence-electron chi connectivity index (χ0n) is 23.6. The zero-order chi connectivity index (χ0) is 28.6. The second-order valence-corrected chi connectivity index (χ2v) is 12.2. The molecule has 3 fully saturated rings. The second-order valence-electron chi connectivity index (χ2n) is 12.2. The standard InChI is InChI=1S/C32H36BFN2O5/c1-32(2)19-40-33(41-20-32)30(23-6-5-7-23)29(22-12-9-21(10-13-22)11-16-28(37)38)24-14-15-26-25(18-24)31(34)35-36(26)27-8-3-4-17-39-27/h9-16,18,23,27H,3-8,17,19-20H2,1-2H3,(H,37,38). The van der Waals surface area contributed by atoms with Crippen LogP contribution in [0.25, 0.3) is 22.6 Å². The first kappa shape index (κ1) is 27.9. The monoisotopic (exact) mass is 558 g/mol. The average Bonchev–Trinajstić information content (AvgIpc) is 3.27. The molecule has 3 aliphatic rings. The molecule has 3 heterocycles. The maximum absolute atomic E-state index is 15.4. The van der Waals surface area contributed by atoms with E-state index in [0.29, 0.717) is 36.6 Å². The minimum Gasteiger partial charge on any atom is -0.478 e. The Morgan fingerprint density at radius 3 is 2.41 bits per heavy atom. The Kier molecular flexibility index (Phi) is 7.85. The van der Waals surface area contributed by atoms with Gasteiger partial charge in [-0.2, -0.15) is 4.39 Å². The lowest BCUT2D eigenvalue weighted by Crippen LogP contribution is -2.44. The van der Waals surface area contributed by atoms with Crippen molar-refractivity contribution in [2.24, 2.45) is 11.3 Å². The topological polar surface area (TPSA) is 82.8 Å². The number of hydrogen-bond donors (Lipinski definition) is 1. The maximum Gasteiger partial charge on any atom is 0.490 e. The quantitative estimate of drug-likeness (QED) is 0.258. The Bertz CT molecular complexity index is 1480. The van der Waals surface area contributed by atoms with Crippen LogP contribution >= 0.6 is 0 Å². The number of aromatic nitrogens is 2. The fraction of sp³-hybridized carbons (Fsp3) is 0.438. The van der Waals surface area contributed by atoms with Crippen LogP contribution in [0.5, 0.6) is 0 Å². The number of fused-ring (bicyclic) bond motifs is 1. The second kappa shape index (κ2) is 11.5. The Hall–Kier alpha value is -3.27. The van der Waals surface area contributed by atoms with Gasteiger partial charge in [-0.3, -0.25) is 0 Å². The molecule has 0 bridgehead atoms. The van der Waals surface area contributed by atoms with Crippen molar-refractivity contribution in [2.45, 2.75) is 58.6 Å². The lowest BCUT2D eigenvalue weighted by atomic mass is 9.59. The van der Waals surface area contributed by atoms with Crippen LogP contribution < -0.4 is 0 Å². The molecule has 2 saturated heterocycles. The van der Waals surface area contributed by atoms with Gasteiger partial charge in [-0.15, -0.1) is 5.10 Å². The number of nitrogens with zero attached hydrogens (tertiary/aromatic N) is 2. The lowest BCUT2D eigenvalue weighted by molar-refractivity contribution is -0.131. The Morgan fingerprint density at radius 1 is 1.05 bits per heavy atom. The molecule has 41 heavy (non-hydrogen) atoms. The van der Waals surface area contributed by atoms with Gasteiger partial charge in [-0.05, 0) is 84.0 Å². The normalized spacial score (nSPS) is 22.1. The van der Waals surface area contributed by atoms with Gasteiger partial charge in [-0.1, -0.05) is 50.6 Å². The van der Waals surface area contributed by atoms with E-state index >= 15 is 4.39 Å². The van der Waals surface area contributed by atoms with Crippen molar-refractivity contribution in [2.75, 3.05) is 19.8 Å². The highest BCUT2D eigenvalue weighted by Crippen LogP contribution is 2.43. The summed E-state index contributed by atoms with van der Waals surface area (Å²) in [6.07, 6.45) is 8.50. The van der Waals surface area contributed by atoms with E-state index in [1.165, 1.54) is 0 Å². The zero-order valence-corrected chi connectivity index (χ0v) is 23.6. The molecule has 6 rings (SSSR count). The number of benzene rings is 2. The molecular weight excluding hydrogens is 522 g/mol. The minimum atomic E-state index is -0.994. The predicted octanol–water partition coefficient (Wildman–Crippen LogP) is 6.67. The molecule has 1 N–H and O–H groups in total. The van der Waals surface area contributed by atoms with Crippen molar-refractivity contribution in [3.05, 3.63) is 76.7 Å². The maximum atomic E-state index is 15.4. The molecule has 0 amide bonds. The summed E-state index contributed by atoms with van der Waals surface area (Å²) in [5.74, 6) is -1.21. The van der Waals surface area contributed by atoms with Gasteiger partial charge in [-0.25, -0.2) is 9.48 Å². The Labute approximate surface area is 240 Å². The number of carboxylic acid groups (broad SMARTS) is 1. The van der Waals surface area contributed by atoms with Crippen LogP contribution in [0.3, 0.4) is 0 Å². The van der Waals surface area contributed by atoms with E-state index in [2.05, 4.69) is 18.9 Å². The van der Waals surface area contributed by atoms with Gasteiger partial charge < -0.3 is 19.2 Å². The third-order valence-electron chi connectivity index (χ3n) is 8.33. The average molecular weight is 558 g/mol. The number of ether oxygens (including phenoxy) is 1. The summed E-state index contributed by atoms with van der Waals surface area (Å²) in [5.41, 5.74) is 5.29. The van der Waals surface area contributed by atoms with E-state index < -0.39 is 19.0 Å². The molecule has 1 unspecified atom stereocenters. The molecule has 3 aromatic rings. The van der Waals surface area contributed by atoms with Gasteiger partial charge in [0.05, 0.1) is 10.9 Å². The van der Waals surface area contributed by atoms with E-state index in [9.17, 15) is 4.79 Å². The fourth-order valence-electron chi connectivity index (χ4n) is 5.93. The van der Waals surface area contributed by atoms with Crippen molar-refractivity contribution in [3.8, 4) is 0 Å². The molecule has 2 aliphatic heterocycles. The lowest BCUT2D eigenvalue weighted by Gasteiger charge is -2.39. The SMILES string of the molecule is CC1(C)COB(C(=C(c2ccc(C=CC(=O)O)cc2)c2ccc3c(c2)c(F)nn3C2CCCCO2)C2CCC2)OC1. The van der Waals surface area contributed by atoms with Crippen molar-refractivity contribution < 1.29 is 28.3 Å². The fourth-order valence-corrected chi connectivity index (χ4v) is 5.93. The van der Waals surface area contributed by atoms with Crippen LogP contribution in [0.4, 0.5) is 4.39 Å². The number of allylic oxidation sites excluding steroid dienone is 1. The van der Waals surface area contributed by atoms with Gasteiger partial charge >= 0.3 is 13.1 Å². The summed E-state index contributed by atoms with van der Waals surface area (Å²) < 4.78 is 35.7. The summed E-state index contributed by atoms with van der Waals surface area (Å²) in [6, 6.07) is 13.6. The molecular formula is C32H36BFN2O5. The summed E-state index contributed by atoms with van der Waals surface area (Å²) >= 11 is 0. The molecule has 0 radical (unpaired) electrons. The minimum absolute atomic E-state index is 0.0721. The number of carboxylic acids is 1. The third-order valence-corrected chi connectivity index (χ3v) is 8.33. The Balaban J connectivity index is 1.48. The van der Waals surface area contributed by atoms with Crippen LogP contribution in [0.2, 0.25) is 0 Å². The number of rotatable bonds is 7. The van der Waals surface area contributed by atoms with E-state index in [4.69, 9.17) is 19.2 Å². The molecule has 2 aromatic carbocycles. The van der Waals surface area contributed by atoms with E-state index in [0.717, 1.165) is 72.3 Å². The summed E-state index contributed by atoms with van der Waals surface area (Å²) in [5, 5.41) is 13.7. The highest BCUT2D eigenvalue weighted by Gasteiger charge is 2.41. The van der Waals surface area contributed by atoms with E-state index in [1.807, 2.05) is 42.5 Å². The van der Waals surface area contributed by atoms with Crippen LogP contribution in [-0.2, 0) is 18.8 Å². The molecule has 214 valence electrons. The first-order valence-corrected chi connectivity index (χ1v) is 14.6. The Morgan fingerprint density at radius 2 is 1.78 bits per heavy atom. The van der Waals surface area contributed by atoms with Crippen LogP contribution in [-0.4, -0.2) is 47.8 Å². The summed E-state index contributed by atoms with van der Waals surface area (Å²) in [6.45, 7) is 6.08. The van der Waals surface area contributed by atoms with Gasteiger partial charge in [0.15, 0.2) is 6.23 Å². The molecule has 0 spiro atoms. The molecule has 1 aromatic heterocycles. The first-order valence-electron chi connectivity index (χ1n) is 14.6. The van der Waals surface area contributed by atoms with E-state index in [1.54, 1.807) is 10.8 Å². The van der Waals surface area contributed by atoms with Crippen molar-refractivity contribution in [1.82, 2.24) is 9.78 Å². The molecule has 9 heteroatoms. The number of aliphatic carboxylic acids is 1. The number of halogens is 1. The third kappa shape index (κ3) is 5.89.